The third-order valence-corrected chi connectivity index (χ3v) is 9.96. The van der Waals surface area contributed by atoms with Crippen LogP contribution in [0.15, 0.2) is 35.5 Å². The number of rotatable bonds is 5. The number of fused-ring (bicyclic) bond motifs is 2. The molecule has 34 heavy (non-hydrogen) atoms. The molecule has 3 heterocycles. The number of pyridine rings is 1. The Kier molecular flexibility index (Phi) is 5.82. The number of amidine groups is 1. The Balaban J connectivity index is 1.66. The van der Waals surface area contributed by atoms with Crippen molar-refractivity contribution in [3.8, 4) is 5.75 Å². The van der Waals surface area contributed by atoms with E-state index in [0.717, 1.165) is 12.3 Å². The van der Waals surface area contributed by atoms with E-state index in [-0.39, 0.29) is 28.5 Å². The van der Waals surface area contributed by atoms with Gasteiger partial charge in [0, 0.05) is 11.3 Å². The Labute approximate surface area is 195 Å². The SMILES string of the molecule is Cc1cc(OC(F)F)cnc1C(=O)Nc1ccc(F)c([C@@]2(C)N=C(N)[C@@]3(C)CC[C@@H]2S3(O)O)c1. The molecule has 0 radical (unpaired) electrons. The molecule has 1 aromatic heterocycles. The molecule has 2 aliphatic heterocycles. The maximum Gasteiger partial charge on any atom is 0.387 e. The smallest absolute Gasteiger partial charge is 0.387 e. The van der Waals surface area contributed by atoms with Crippen LogP contribution in [0.4, 0.5) is 18.9 Å². The van der Waals surface area contributed by atoms with Crippen LogP contribution in [0.25, 0.3) is 0 Å². The van der Waals surface area contributed by atoms with Gasteiger partial charge in [-0.15, -0.1) is 0 Å². The number of carbonyl (C=O) groups excluding carboxylic acids is 1. The summed E-state index contributed by atoms with van der Waals surface area (Å²) in [4.78, 5) is 21.2. The Morgan fingerprint density at radius 1 is 1.32 bits per heavy atom. The van der Waals surface area contributed by atoms with Crippen molar-refractivity contribution in [1.29, 1.82) is 0 Å². The maximum absolute atomic E-state index is 15.0. The second-order valence-electron chi connectivity index (χ2n) is 8.86. The van der Waals surface area contributed by atoms with Gasteiger partial charge in [-0.25, -0.2) is 9.37 Å². The van der Waals surface area contributed by atoms with E-state index in [1.54, 1.807) is 13.8 Å². The zero-order valence-electron chi connectivity index (χ0n) is 18.7. The first-order chi connectivity index (χ1) is 15.8. The molecule has 1 fully saturated rings. The normalized spacial score (nSPS) is 28.4. The van der Waals surface area contributed by atoms with Gasteiger partial charge in [0.15, 0.2) is 0 Å². The van der Waals surface area contributed by atoms with Crippen LogP contribution in [-0.4, -0.2) is 42.4 Å². The van der Waals surface area contributed by atoms with Gasteiger partial charge in [-0.05, 0) is 63.4 Å². The zero-order valence-corrected chi connectivity index (χ0v) is 19.5. The fraction of sp³-hybridized carbons (Fsp3) is 0.409. The van der Waals surface area contributed by atoms with Gasteiger partial charge in [-0.1, -0.05) is 0 Å². The lowest BCUT2D eigenvalue weighted by molar-refractivity contribution is -0.0501. The summed E-state index contributed by atoms with van der Waals surface area (Å²) in [6.45, 7) is 1.74. The molecule has 2 aliphatic rings. The number of benzene rings is 1. The second-order valence-corrected chi connectivity index (χ2v) is 11.5. The molecule has 0 spiro atoms. The van der Waals surface area contributed by atoms with Crippen molar-refractivity contribution in [2.45, 2.75) is 55.8 Å². The first-order valence-corrected chi connectivity index (χ1v) is 12.1. The average molecular weight is 499 g/mol. The molecule has 5 N–H and O–H groups in total. The Morgan fingerprint density at radius 3 is 2.68 bits per heavy atom. The average Bonchev–Trinajstić information content (AvgIpc) is 2.92. The van der Waals surface area contributed by atoms with Crippen LogP contribution in [-0.2, 0) is 5.54 Å². The van der Waals surface area contributed by atoms with Gasteiger partial charge in [-0.2, -0.15) is 19.4 Å². The summed E-state index contributed by atoms with van der Waals surface area (Å²) in [6.07, 6.45) is 1.82. The predicted molar refractivity (Wildman–Crippen MR) is 123 cm³/mol. The minimum atomic E-state index is -3.23. The number of nitrogens with two attached hydrogens (primary N) is 1. The molecule has 184 valence electrons. The van der Waals surface area contributed by atoms with Crippen molar-refractivity contribution in [3.63, 3.8) is 0 Å². The molecule has 8 nitrogen and oxygen atoms in total. The van der Waals surface area contributed by atoms with Crippen LogP contribution in [0, 0.1) is 12.7 Å². The molecule has 4 rings (SSSR count). The number of amides is 1. The first kappa shape index (κ1) is 24.3. The largest absolute Gasteiger partial charge is 0.433 e. The molecule has 1 amide bonds. The molecule has 0 aliphatic carbocycles. The lowest BCUT2D eigenvalue weighted by atomic mass is 9.86. The monoisotopic (exact) mass is 498 g/mol. The number of aromatic nitrogens is 1. The standard InChI is InChI=1S/C22H25F3N4O4S/c1-11-8-13(33-20(24)25)10-27-17(11)18(30)28-12-4-5-15(23)14(9-12)22(3)16-6-7-21(2,19(26)29-22)34(16,31)32/h4-5,8-10,16,20,31-32H,6-7H2,1-3H3,(H2,26,29)(H,28,30)/t16-,21+,22+/m0/s1. The van der Waals surface area contributed by atoms with Gasteiger partial charge < -0.3 is 15.8 Å². The lowest BCUT2D eigenvalue weighted by Gasteiger charge is -2.54. The molecule has 3 atom stereocenters. The third-order valence-electron chi connectivity index (χ3n) is 6.73. The fourth-order valence-electron chi connectivity index (χ4n) is 4.73. The van der Waals surface area contributed by atoms with E-state index >= 15 is 4.39 Å². The Morgan fingerprint density at radius 2 is 2.03 bits per heavy atom. The highest BCUT2D eigenvalue weighted by Crippen LogP contribution is 2.71. The van der Waals surface area contributed by atoms with E-state index in [0.29, 0.717) is 18.4 Å². The number of nitrogens with zero attached hydrogens (tertiary/aromatic N) is 2. The number of nitrogens with one attached hydrogen (secondary N) is 1. The van der Waals surface area contributed by atoms with E-state index in [4.69, 9.17) is 5.73 Å². The molecule has 0 unspecified atom stereocenters. The number of halogens is 3. The van der Waals surface area contributed by atoms with Crippen LogP contribution in [0.5, 0.6) is 5.75 Å². The van der Waals surface area contributed by atoms with Gasteiger partial charge in [-0.3, -0.25) is 18.9 Å². The van der Waals surface area contributed by atoms with Crippen LogP contribution in [0.2, 0.25) is 0 Å². The van der Waals surface area contributed by atoms with E-state index < -0.39 is 44.5 Å². The summed E-state index contributed by atoms with van der Waals surface area (Å²) in [7, 11) is -3.23. The number of hydrogen-bond donors (Lipinski definition) is 4. The van der Waals surface area contributed by atoms with Gasteiger partial charge in [0.2, 0.25) is 0 Å². The molecule has 2 aromatic rings. The number of aliphatic imine (C=N–C) groups is 1. The minimum Gasteiger partial charge on any atom is -0.433 e. The predicted octanol–water partition coefficient (Wildman–Crippen LogP) is 4.64. The number of ether oxygens (including phenoxy) is 1. The summed E-state index contributed by atoms with van der Waals surface area (Å²) >= 11 is 0. The summed E-state index contributed by atoms with van der Waals surface area (Å²) in [5, 5.41) is 1.86. The lowest BCUT2D eigenvalue weighted by Crippen LogP contribution is -2.53. The topological polar surface area (TPSA) is 130 Å². The summed E-state index contributed by atoms with van der Waals surface area (Å²) in [5.74, 6) is -1.40. The number of carbonyl (C=O) groups is 1. The Bertz CT molecular complexity index is 1190. The second kappa shape index (κ2) is 8.14. The molecular weight excluding hydrogens is 473 g/mol. The number of anilines is 1. The van der Waals surface area contributed by atoms with Gasteiger partial charge >= 0.3 is 6.61 Å². The summed E-state index contributed by atoms with van der Waals surface area (Å²) < 4.78 is 65.0. The van der Waals surface area contributed by atoms with Gasteiger partial charge in [0.05, 0.1) is 11.4 Å². The fourth-order valence-corrected chi connectivity index (χ4v) is 7.39. The summed E-state index contributed by atoms with van der Waals surface area (Å²) in [5.41, 5.74) is 5.33. The van der Waals surface area contributed by atoms with Crippen LogP contribution < -0.4 is 15.8 Å². The highest BCUT2D eigenvalue weighted by molar-refractivity contribution is 8.26. The van der Waals surface area contributed by atoms with Crippen LogP contribution in [0.3, 0.4) is 0 Å². The molecular formula is C22H25F3N4O4S. The highest BCUT2D eigenvalue weighted by atomic mass is 32.3. The minimum absolute atomic E-state index is 0.0284. The van der Waals surface area contributed by atoms with Crippen molar-refractivity contribution in [1.82, 2.24) is 4.98 Å². The molecule has 2 bridgehead atoms. The van der Waals surface area contributed by atoms with Crippen molar-refractivity contribution < 1.29 is 31.8 Å². The van der Waals surface area contributed by atoms with Crippen molar-refractivity contribution in [3.05, 3.63) is 53.1 Å². The molecule has 1 saturated heterocycles. The summed E-state index contributed by atoms with van der Waals surface area (Å²) in [6, 6.07) is 5.13. The van der Waals surface area contributed by atoms with E-state index in [9.17, 15) is 22.7 Å². The zero-order chi connectivity index (χ0) is 25.1. The number of alkyl halides is 2. The quantitative estimate of drug-likeness (QED) is 0.475. The van der Waals surface area contributed by atoms with Gasteiger partial charge in [0.1, 0.15) is 33.4 Å². The Hall–Kier alpha value is -2.83. The van der Waals surface area contributed by atoms with Crippen molar-refractivity contribution in [2.75, 3.05) is 5.32 Å². The third kappa shape index (κ3) is 3.69. The molecule has 12 heteroatoms. The van der Waals surface area contributed by atoms with Gasteiger partial charge in [0.25, 0.3) is 5.91 Å². The van der Waals surface area contributed by atoms with E-state index in [2.05, 4.69) is 20.0 Å². The van der Waals surface area contributed by atoms with Crippen molar-refractivity contribution in [2.24, 2.45) is 10.7 Å². The van der Waals surface area contributed by atoms with Crippen LogP contribution >= 0.6 is 10.6 Å². The van der Waals surface area contributed by atoms with E-state index in [1.165, 1.54) is 25.1 Å². The number of aryl methyl sites for hydroxylation is 1. The number of hydrogen-bond acceptors (Lipinski definition) is 7. The molecule has 1 aromatic carbocycles. The molecule has 0 saturated carbocycles. The first-order valence-electron chi connectivity index (χ1n) is 10.4. The van der Waals surface area contributed by atoms with Crippen molar-refractivity contribution >= 4 is 28.0 Å². The van der Waals surface area contributed by atoms with Crippen LogP contribution in [0.1, 0.15) is 48.3 Å². The van der Waals surface area contributed by atoms with E-state index in [1.807, 2.05) is 0 Å². The maximum atomic E-state index is 15.0. The highest BCUT2D eigenvalue weighted by Gasteiger charge is 2.62.